The van der Waals surface area contributed by atoms with Gasteiger partial charge in [-0.25, -0.2) is 0 Å². The van der Waals surface area contributed by atoms with E-state index >= 15 is 0 Å². The third-order valence-corrected chi connectivity index (χ3v) is 2.20. The molecule has 4 nitrogen and oxygen atoms in total. The lowest BCUT2D eigenvalue weighted by molar-refractivity contribution is -0.400. The molecular weight excluding hydrogens is 274 g/mol. The Balaban J connectivity index is 2.97. The second kappa shape index (κ2) is 6.07. The molecule has 0 heterocycles. The summed E-state index contributed by atoms with van der Waals surface area (Å²) in [5.74, 6) is 0.584. The van der Waals surface area contributed by atoms with Gasteiger partial charge in [0.05, 0.1) is 4.92 Å². The van der Waals surface area contributed by atoms with E-state index in [0.717, 1.165) is 10.7 Å². The highest BCUT2D eigenvalue weighted by atomic mass is 79.9. The van der Waals surface area contributed by atoms with Crippen molar-refractivity contribution in [3.8, 4) is 5.75 Å². The molecule has 0 spiro atoms. The predicted molar refractivity (Wildman–Crippen MR) is 65.9 cm³/mol. The van der Waals surface area contributed by atoms with E-state index in [1.165, 1.54) is 6.08 Å². The van der Waals surface area contributed by atoms with Crippen molar-refractivity contribution in [2.45, 2.75) is 0 Å². The summed E-state index contributed by atoms with van der Waals surface area (Å²) in [5, 5.41) is 10.2. The Labute approximate surface area is 102 Å². The maximum absolute atomic E-state index is 10.2. The molecule has 0 amide bonds. The van der Waals surface area contributed by atoms with E-state index in [9.17, 15) is 10.1 Å². The molecule has 0 aliphatic rings. The van der Waals surface area contributed by atoms with Gasteiger partial charge in [-0.1, -0.05) is 28.6 Å². The molecule has 0 atom stereocenters. The van der Waals surface area contributed by atoms with Crippen LogP contribution < -0.4 is 4.74 Å². The van der Waals surface area contributed by atoms with Gasteiger partial charge in [0.1, 0.15) is 12.4 Å². The number of nitro groups is 1. The van der Waals surface area contributed by atoms with Crippen molar-refractivity contribution in [2.75, 3.05) is 6.61 Å². The molecular formula is C11H10BrNO3. The summed E-state index contributed by atoms with van der Waals surface area (Å²) in [6.45, 7) is 3.90. The number of ether oxygens (including phenoxy) is 1. The molecule has 0 radical (unpaired) electrons. The summed E-state index contributed by atoms with van der Waals surface area (Å²) in [4.78, 5) is 9.72. The molecule has 5 heteroatoms. The van der Waals surface area contributed by atoms with Gasteiger partial charge in [0.2, 0.25) is 6.20 Å². The van der Waals surface area contributed by atoms with Gasteiger partial charge in [-0.05, 0) is 18.2 Å². The monoisotopic (exact) mass is 283 g/mol. The zero-order valence-electron chi connectivity index (χ0n) is 8.43. The van der Waals surface area contributed by atoms with Crippen LogP contribution in [0.5, 0.6) is 5.75 Å². The molecule has 0 unspecified atom stereocenters. The first-order valence-corrected chi connectivity index (χ1v) is 5.27. The second-order valence-electron chi connectivity index (χ2n) is 2.88. The summed E-state index contributed by atoms with van der Waals surface area (Å²) in [6.07, 6.45) is 3.88. The number of halogens is 1. The first-order chi connectivity index (χ1) is 7.63. The zero-order valence-corrected chi connectivity index (χ0v) is 10.0. The van der Waals surface area contributed by atoms with Crippen LogP contribution in [0.25, 0.3) is 6.08 Å². The standard InChI is InChI=1S/C11H10BrNO3/c1-2-7-16-11-4-3-10(12)8-9(11)5-6-13(14)15/h2-6,8H,1,7H2. The van der Waals surface area contributed by atoms with Crippen LogP contribution in [0.3, 0.4) is 0 Å². The normalized spacial score (nSPS) is 10.3. The van der Waals surface area contributed by atoms with Crippen LogP contribution in [0, 0.1) is 10.1 Å². The minimum absolute atomic E-state index is 0.362. The smallest absolute Gasteiger partial charge is 0.235 e. The highest BCUT2D eigenvalue weighted by molar-refractivity contribution is 9.10. The van der Waals surface area contributed by atoms with Crippen molar-refractivity contribution in [1.29, 1.82) is 0 Å². The largest absolute Gasteiger partial charge is 0.489 e. The lowest BCUT2D eigenvalue weighted by Crippen LogP contribution is -1.95. The van der Waals surface area contributed by atoms with Crippen molar-refractivity contribution in [3.05, 3.63) is 57.2 Å². The molecule has 0 aliphatic heterocycles. The topological polar surface area (TPSA) is 52.4 Å². The van der Waals surface area contributed by atoms with Gasteiger partial charge in [-0.3, -0.25) is 10.1 Å². The van der Waals surface area contributed by atoms with Crippen molar-refractivity contribution in [1.82, 2.24) is 0 Å². The van der Waals surface area contributed by atoms with E-state index in [1.54, 1.807) is 18.2 Å². The van der Waals surface area contributed by atoms with Crippen LogP contribution in [0.2, 0.25) is 0 Å². The van der Waals surface area contributed by atoms with E-state index < -0.39 is 4.92 Å². The Bertz CT molecular complexity index is 429. The molecule has 1 aromatic rings. The van der Waals surface area contributed by atoms with Crippen molar-refractivity contribution in [2.24, 2.45) is 0 Å². The summed E-state index contributed by atoms with van der Waals surface area (Å²) >= 11 is 3.29. The van der Waals surface area contributed by atoms with Crippen LogP contribution in [0.15, 0.2) is 41.5 Å². The van der Waals surface area contributed by atoms with Gasteiger partial charge in [-0.15, -0.1) is 0 Å². The predicted octanol–water partition coefficient (Wildman–Crippen LogP) is 3.26. The Morgan fingerprint density at radius 1 is 1.56 bits per heavy atom. The minimum Gasteiger partial charge on any atom is -0.489 e. The van der Waals surface area contributed by atoms with Crippen LogP contribution in [0.4, 0.5) is 0 Å². The molecule has 0 saturated carbocycles. The average molecular weight is 284 g/mol. The Hall–Kier alpha value is -1.62. The number of benzene rings is 1. The van der Waals surface area contributed by atoms with Gasteiger partial charge >= 0.3 is 0 Å². The van der Waals surface area contributed by atoms with Crippen LogP contribution in [0.1, 0.15) is 5.56 Å². The SMILES string of the molecule is C=CCOc1ccc(Br)cc1C=C[N+](=O)[O-]. The lowest BCUT2D eigenvalue weighted by Gasteiger charge is -2.06. The number of hydrogen-bond donors (Lipinski definition) is 0. The van der Waals surface area contributed by atoms with E-state index in [4.69, 9.17) is 4.74 Å². The highest BCUT2D eigenvalue weighted by Gasteiger charge is 2.02. The fraction of sp³-hybridized carbons (Fsp3) is 0.0909. The number of hydrogen-bond acceptors (Lipinski definition) is 3. The molecule has 0 N–H and O–H groups in total. The fourth-order valence-electron chi connectivity index (χ4n) is 1.07. The van der Waals surface area contributed by atoms with E-state index in [-0.39, 0.29) is 0 Å². The Kier molecular flexibility index (Phi) is 4.72. The Morgan fingerprint density at radius 3 is 2.94 bits per heavy atom. The molecule has 1 aromatic carbocycles. The second-order valence-corrected chi connectivity index (χ2v) is 3.80. The summed E-state index contributed by atoms with van der Waals surface area (Å²) < 4.78 is 6.20. The molecule has 84 valence electrons. The van der Waals surface area contributed by atoms with E-state index in [1.807, 2.05) is 6.07 Å². The van der Waals surface area contributed by atoms with Crippen molar-refractivity contribution >= 4 is 22.0 Å². The maximum Gasteiger partial charge on any atom is 0.235 e. The first kappa shape index (κ1) is 12.4. The van der Waals surface area contributed by atoms with Crippen molar-refractivity contribution < 1.29 is 9.66 Å². The molecule has 0 saturated heterocycles. The third-order valence-electron chi connectivity index (χ3n) is 1.70. The van der Waals surface area contributed by atoms with E-state index in [0.29, 0.717) is 17.9 Å². The number of rotatable bonds is 5. The van der Waals surface area contributed by atoms with E-state index in [2.05, 4.69) is 22.5 Å². The molecule has 0 bridgehead atoms. The third kappa shape index (κ3) is 3.86. The van der Waals surface area contributed by atoms with Crippen LogP contribution in [-0.4, -0.2) is 11.5 Å². The summed E-state index contributed by atoms with van der Waals surface area (Å²) in [6, 6.07) is 5.30. The molecule has 16 heavy (non-hydrogen) atoms. The average Bonchev–Trinajstić information content (AvgIpc) is 2.25. The van der Waals surface area contributed by atoms with Crippen molar-refractivity contribution in [3.63, 3.8) is 0 Å². The van der Waals surface area contributed by atoms with Gasteiger partial charge in [0.15, 0.2) is 0 Å². The van der Waals surface area contributed by atoms with Gasteiger partial charge < -0.3 is 4.74 Å². The molecule has 0 aliphatic carbocycles. The lowest BCUT2D eigenvalue weighted by atomic mass is 10.2. The first-order valence-electron chi connectivity index (χ1n) is 4.48. The van der Waals surface area contributed by atoms with Crippen LogP contribution in [-0.2, 0) is 0 Å². The summed E-state index contributed by atoms with van der Waals surface area (Å²) in [5.41, 5.74) is 0.646. The molecule has 1 rings (SSSR count). The summed E-state index contributed by atoms with van der Waals surface area (Å²) in [7, 11) is 0. The number of nitrogens with zero attached hydrogens (tertiary/aromatic N) is 1. The van der Waals surface area contributed by atoms with Gasteiger partial charge in [0, 0.05) is 16.1 Å². The van der Waals surface area contributed by atoms with Gasteiger partial charge in [0.25, 0.3) is 0 Å². The quantitative estimate of drug-likeness (QED) is 0.473. The Morgan fingerprint density at radius 2 is 2.31 bits per heavy atom. The minimum atomic E-state index is -0.516. The highest BCUT2D eigenvalue weighted by Crippen LogP contribution is 2.24. The zero-order chi connectivity index (χ0) is 12.0. The maximum atomic E-state index is 10.2. The molecule has 0 fully saturated rings. The molecule has 0 aromatic heterocycles. The fourth-order valence-corrected chi connectivity index (χ4v) is 1.45. The van der Waals surface area contributed by atoms with Crippen LogP contribution >= 0.6 is 15.9 Å². The van der Waals surface area contributed by atoms with Gasteiger partial charge in [-0.2, -0.15) is 0 Å².